The SMILES string of the molecule is CCCCCCCNC(=O)CC(C)(C)CC(C)(C)C(=O)O. The van der Waals surface area contributed by atoms with E-state index in [2.05, 4.69) is 12.2 Å². The van der Waals surface area contributed by atoms with Crippen LogP contribution in [-0.4, -0.2) is 23.5 Å². The molecule has 0 aliphatic carbocycles. The summed E-state index contributed by atoms with van der Waals surface area (Å²) in [6.45, 7) is 10.2. The predicted octanol–water partition coefficient (Wildman–Crippen LogP) is 3.99. The highest BCUT2D eigenvalue weighted by molar-refractivity contribution is 5.77. The lowest BCUT2D eigenvalue weighted by molar-refractivity contribution is -0.149. The Morgan fingerprint density at radius 3 is 2.10 bits per heavy atom. The number of carboxylic acids is 1. The van der Waals surface area contributed by atoms with Crippen LogP contribution >= 0.6 is 0 Å². The summed E-state index contributed by atoms with van der Waals surface area (Å²) in [5.41, 5.74) is -1.11. The van der Waals surface area contributed by atoms with Gasteiger partial charge in [0.2, 0.25) is 5.91 Å². The van der Waals surface area contributed by atoms with Crippen molar-refractivity contribution in [3.63, 3.8) is 0 Å². The fourth-order valence-corrected chi connectivity index (χ4v) is 2.79. The lowest BCUT2D eigenvalue weighted by Crippen LogP contribution is -2.35. The minimum Gasteiger partial charge on any atom is -0.481 e. The topological polar surface area (TPSA) is 66.4 Å². The van der Waals surface area contributed by atoms with Gasteiger partial charge in [0.25, 0.3) is 0 Å². The van der Waals surface area contributed by atoms with Crippen molar-refractivity contribution in [3.8, 4) is 0 Å². The molecule has 0 bridgehead atoms. The minimum absolute atomic E-state index is 0.0247. The average Bonchev–Trinajstić information content (AvgIpc) is 2.31. The van der Waals surface area contributed by atoms with Crippen LogP contribution in [0.4, 0.5) is 0 Å². The molecule has 0 heterocycles. The molecule has 0 aromatic carbocycles. The zero-order valence-corrected chi connectivity index (χ0v) is 14.4. The number of nitrogens with one attached hydrogen (secondary N) is 1. The molecule has 0 aliphatic heterocycles. The molecule has 0 atom stereocenters. The Morgan fingerprint density at radius 2 is 1.57 bits per heavy atom. The standard InChI is InChI=1S/C17H33NO3/c1-6-7-8-9-10-11-18-14(19)12-16(2,3)13-17(4,5)15(20)21/h6-13H2,1-5H3,(H,18,19)(H,20,21). The Kier molecular flexibility index (Phi) is 8.60. The third kappa shape index (κ3) is 9.48. The first kappa shape index (κ1) is 19.9. The number of hydrogen-bond donors (Lipinski definition) is 2. The maximum absolute atomic E-state index is 11.9. The van der Waals surface area contributed by atoms with Crippen molar-refractivity contribution in [2.75, 3.05) is 6.54 Å². The van der Waals surface area contributed by atoms with Crippen LogP contribution in [0.1, 0.15) is 79.6 Å². The molecule has 0 spiro atoms. The number of unbranched alkanes of at least 4 members (excludes halogenated alkanes) is 4. The number of aliphatic carboxylic acids is 1. The summed E-state index contributed by atoms with van der Waals surface area (Å²) >= 11 is 0. The highest BCUT2D eigenvalue weighted by atomic mass is 16.4. The normalized spacial score (nSPS) is 12.2. The van der Waals surface area contributed by atoms with E-state index in [1.54, 1.807) is 13.8 Å². The zero-order valence-electron chi connectivity index (χ0n) is 14.4. The maximum Gasteiger partial charge on any atom is 0.309 e. The Hall–Kier alpha value is -1.06. The van der Waals surface area contributed by atoms with Gasteiger partial charge in [-0.25, -0.2) is 0 Å². The minimum atomic E-state index is -0.813. The van der Waals surface area contributed by atoms with Crippen LogP contribution in [0.15, 0.2) is 0 Å². The Labute approximate surface area is 129 Å². The number of carbonyl (C=O) groups excluding carboxylic acids is 1. The molecule has 2 N–H and O–H groups in total. The molecule has 0 aromatic heterocycles. The van der Waals surface area contributed by atoms with E-state index in [0.717, 1.165) is 19.4 Å². The smallest absolute Gasteiger partial charge is 0.309 e. The van der Waals surface area contributed by atoms with Crippen LogP contribution in [0.2, 0.25) is 0 Å². The highest BCUT2D eigenvalue weighted by Crippen LogP contribution is 2.36. The van der Waals surface area contributed by atoms with Crippen LogP contribution in [0, 0.1) is 10.8 Å². The van der Waals surface area contributed by atoms with Crippen molar-refractivity contribution < 1.29 is 14.7 Å². The van der Waals surface area contributed by atoms with Crippen molar-refractivity contribution in [2.45, 2.75) is 79.6 Å². The van der Waals surface area contributed by atoms with Gasteiger partial charge in [-0.3, -0.25) is 9.59 Å². The lowest BCUT2D eigenvalue weighted by atomic mass is 9.73. The molecule has 0 radical (unpaired) electrons. The lowest BCUT2D eigenvalue weighted by Gasteiger charge is -2.31. The van der Waals surface area contributed by atoms with Gasteiger partial charge >= 0.3 is 5.97 Å². The number of rotatable bonds is 11. The molecule has 21 heavy (non-hydrogen) atoms. The molecule has 0 saturated heterocycles. The van der Waals surface area contributed by atoms with Crippen molar-refractivity contribution in [1.82, 2.24) is 5.32 Å². The molecule has 0 aliphatic rings. The van der Waals surface area contributed by atoms with E-state index in [4.69, 9.17) is 0 Å². The van der Waals surface area contributed by atoms with Gasteiger partial charge in [-0.15, -0.1) is 0 Å². The maximum atomic E-state index is 11.9. The van der Waals surface area contributed by atoms with Gasteiger partial charge in [0, 0.05) is 13.0 Å². The van der Waals surface area contributed by atoms with Crippen LogP contribution in [-0.2, 0) is 9.59 Å². The second-order valence-electron chi connectivity index (χ2n) is 7.47. The zero-order chi connectivity index (χ0) is 16.5. The largest absolute Gasteiger partial charge is 0.481 e. The second-order valence-corrected chi connectivity index (χ2v) is 7.47. The Balaban J connectivity index is 4.04. The Bertz CT molecular complexity index is 335. The van der Waals surface area contributed by atoms with E-state index in [9.17, 15) is 14.7 Å². The summed E-state index contributed by atoms with van der Waals surface area (Å²) in [6.07, 6.45) is 6.74. The Morgan fingerprint density at radius 1 is 1.00 bits per heavy atom. The molecule has 0 unspecified atom stereocenters. The van der Waals surface area contributed by atoms with Gasteiger partial charge in [-0.05, 0) is 32.1 Å². The van der Waals surface area contributed by atoms with Crippen LogP contribution < -0.4 is 5.32 Å². The molecule has 0 rings (SSSR count). The van der Waals surface area contributed by atoms with Gasteiger partial charge in [0.1, 0.15) is 0 Å². The molecule has 4 heteroatoms. The first-order chi connectivity index (χ1) is 9.60. The van der Waals surface area contributed by atoms with Crippen LogP contribution in [0.5, 0.6) is 0 Å². The number of carbonyl (C=O) groups is 2. The van der Waals surface area contributed by atoms with Crippen molar-refractivity contribution in [2.24, 2.45) is 10.8 Å². The monoisotopic (exact) mass is 299 g/mol. The first-order valence-corrected chi connectivity index (χ1v) is 8.11. The van der Waals surface area contributed by atoms with E-state index in [1.807, 2.05) is 13.8 Å². The van der Waals surface area contributed by atoms with Crippen molar-refractivity contribution >= 4 is 11.9 Å². The summed E-state index contributed by atoms with van der Waals surface area (Å²) in [4.78, 5) is 23.1. The number of carboxylic acid groups (broad SMARTS) is 1. The number of amides is 1. The average molecular weight is 299 g/mol. The molecule has 124 valence electrons. The summed E-state index contributed by atoms with van der Waals surface area (Å²) in [5.74, 6) is -0.788. The van der Waals surface area contributed by atoms with E-state index < -0.39 is 11.4 Å². The third-order valence-electron chi connectivity index (χ3n) is 3.74. The van der Waals surface area contributed by atoms with E-state index in [0.29, 0.717) is 12.8 Å². The van der Waals surface area contributed by atoms with Gasteiger partial charge in [0.15, 0.2) is 0 Å². The summed E-state index contributed by atoms with van der Waals surface area (Å²) in [6, 6.07) is 0. The fourth-order valence-electron chi connectivity index (χ4n) is 2.79. The van der Waals surface area contributed by atoms with Crippen LogP contribution in [0.25, 0.3) is 0 Å². The van der Waals surface area contributed by atoms with Crippen LogP contribution in [0.3, 0.4) is 0 Å². The van der Waals surface area contributed by atoms with Gasteiger partial charge in [-0.1, -0.05) is 46.5 Å². The summed E-state index contributed by atoms with van der Waals surface area (Å²) < 4.78 is 0. The van der Waals surface area contributed by atoms with E-state index in [-0.39, 0.29) is 11.3 Å². The molecule has 0 saturated carbocycles. The van der Waals surface area contributed by atoms with Crippen molar-refractivity contribution in [3.05, 3.63) is 0 Å². The van der Waals surface area contributed by atoms with Crippen molar-refractivity contribution in [1.29, 1.82) is 0 Å². The first-order valence-electron chi connectivity index (χ1n) is 8.11. The fraction of sp³-hybridized carbons (Fsp3) is 0.882. The molecule has 1 amide bonds. The van der Waals surface area contributed by atoms with Gasteiger partial charge in [0.05, 0.1) is 5.41 Å². The summed E-state index contributed by atoms with van der Waals surface area (Å²) in [7, 11) is 0. The van der Waals surface area contributed by atoms with Gasteiger partial charge in [-0.2, -0.15) is 0 Å². The third-order valence-corrected chi connectivity index (χ3v) is 3.74. The number of hydrogen-bond acceptors (Lipinski definition) is 2. The molecule has 0 aromatic rings. The molecular formula is C17H33NO3. The molecular weight excluding hydrogens is 266 g/mol. The molecule has 0 fully saturated rings. The highest BCUT2D eigenvalue weighted by Gasteiger charge is 2.35. The summed E-state index contributed by atoms with van der Waals surface area (Å²) in [5, 5.41) is 12.1. The second kappa shape index (κ2) is 9.06. The van der Waals surface area contributed by atoms with E-state index >= 15 is 0 Å². The quantitative estimate of drug-likeness (QED) is 0.567. The molecule has 4 nitrogen and oxygen atoms in total. The van der Waals surface area contributed by atoms with Gasteiger partial charge < -0.3 is 10.4 Å². The van der Waals surface area contributed by atoms with E-state index in [1.165, 1.54) is 19.3 Å². The predicted molar refractivity (Wildman–Crippen MR) is 86.2 cm³/mol.